The van der Waals surface area contributed by atoms with Gasteiger partial charge in [-0.05, 0) is 44.4 Å². The molecule has 3 rings (SSSR count). The lowest BCUT2D eigenvalue weighted by Crippen LogP contribution is -2.38. The van der Waals surface area contributed by atoms with Crippen LogP contribution < -0.4 is 10.6 Å². The molecule has 0 bridgehead atoms. The Labute approximate surface area is 181 Å². The second-order valence-corrected chi connectivity index (χ2v) is 7.07. The maximum Gasteiger partial charge on any atom is 0.226 e. The Kier molecular flexibility index (Phi) is 8.30. The zero-order valence-corrected chi connectivity index (χ0v) is 18.9. The Hall–Kier alpha value is -1.87. The molecule has 144 valence electrons. The van der Waals surface area contributed by atoms with Gasteiger partial charge in [0.15, 0.2) is 5.96 Å². The van der Waals surface area contributed by atoms with E-state index in [1.54, 1.807) is 17.6 Å². The number of aliphatic imine (C=N–C) groups is 1. The normalized spacial score (nSPS) is 12.3. The monoisotopic (exact) mass is 496 g/mol. The fraction of sp³-hybridized carbons (Fsp3) is 0.300. The van der Waals surface area contributed by atoms with Gasteiger partial charge in [0.05, 0.1) is 12.6 Å². The van der Waals surface area contributed by atoms with Crippen LogP contribution in [0, 0.1) is 6.92 Å². The molecule has 0 saturated heterocycles. The molecule has 0 saturated carbocycles. The van der Waals surface area contributed by atoms with Crippen LogP contribution in [-0.2, 0) is 6.54 Å². The first-order valence-corrected chi connectivity index (χ1v) is 9.63. The van der Waals surface area contributed by atoms with E-state index in [2.05, 4.69) is 71.0 Å². The van der Waals surface area contributed by atoms with Crippen LogP contribution in [0.1, 0.15) is 36.0 Å². The summed E-state index contributed by atoms with van der Waals surface area (Å²) in [5, 5.41) is 8.78. The van der Waals surface area contributed by atoms with Gasteiger partial charge in [0.1, 0.15) is 12.0 Å². The second-order valence-electron chi connectivity index (χ2n) is 6.09. The Morgan fingerprint density at radius 3 is 2.70 bits per heavy atom. The third-order valence-corrected chi connectivity index (χ3v) is 4.97. The van der Waals surface area contributed by atoms with E-state index in [4.69, 9.17) is 4.42 Å². The topological polar surface area (TPSA) is 62.5 Å². The number of nitrogens with one attached hydrogen (secondary N) is 2. The van der Waals surface area contributed by atoms with E-state index in [1.165, 1.54) is 10.4 Å². The van der Waals surface area contributed by atoms with Gasteiger partial charge in [0.25, 0.3) is 0 Å². The first kappa shape index (κ1) is 21.4. The van der Waals surface area contributed by atoms with E-state index in [-0.39, 0.29) is 30.0 Å². The smallest absolute Gasteiger partial charge is 0.226 e. The van der Waals surface area contributed by atoms with E-state index >= 15 is 0 Å². The Morgan fingerprint density at radius 2 is 2.04 bits per heavy atom. The van der Waals surface area contributed by atoms with E-state index in [0.717, 1.165) is 23.8 Å². The van der Waals surface area contributed by atoms with Crippen molar-refractivity contribution in [2.75, 3.05) is 6.54 Å². The fourth-order valence-corrected chi connectivity index (χ4v) is 3.24. The summed E-state index contributed by atoms with van der Waals surface area (Å²) in [6.45, 7) is 7.51. The molecule has 0 radical (unpaired) electrons. The lowest BCUT2D eigenvalue weighted by molar-refractivity contribution is 0.572. The molecule has 2 heterocycles. The largest absolute Gasteiger partial charge is 0.444 e. The average molecular weight is 496 g/mol. The Balaban J connectivity index is 0.00000261. The molecule has 0 amide bonds. The second kappa shape index (κ2) is 10.5. The number of benzene rings is 1. The third kappa shape index (κ3) is 6.07. The number of aryl methyl sites for hydroxylation is 1. The quantitative estimate of drug-likeness (QED) is 0.282. The molecule has 3 aromatic rings. The molecule has 27 heavy (non-hydrogen) atoms. The number of nitrogens with zero attached hydrogens (tertiary/aromatic N) is 2. The van der Waals surface area contributed by atoms with E-state index in [1.807, 2.05) is 12.1 Å². The van der Waals surface area contributed by atoms with Crippen molar-refractivity contribution in [1.82, 2.24) is 15.6 Å². The van der Waals surface area contributed by atoms with Crippen molar-refractivity contribution >= 4 is 41.3 Å². The van der Waals surface area contributed by atoms with Crippen molar-refractivity contribution in [2.24, 2.45) is 4.99 Å². The summed E-state index contributed by atoms with van der Waals surface area (Å²) in [6.07, 6.45) is 1.67. The summed E-state index contributed by atoms with van der Waals surface area (Å²) >= 11 is 1.73. The predicted molar refractivity (Wildman–Crippen MR) is 123 cm³/mol. The standard InChI is InChI=1S/C20H24N4OS.HI/c1-4-21-20(23-15(3)18-6-5-11-26-18)22-12-17-13-25-19(24-17)16-9-7-14(2)8-10-16;/h5-11,13,15H,4,12H2,1-3H3,(H2,21,22,23);1H. The number of hydrogen-bond acceptors (Lipinski definition) is 4. The summed E-state index contributed by atoms with van der Waals surface area (Å²) < 4.78 is 5.60. The first-order chi connectivity index (χ1) is 12.7. The number of hydrogen-bond donors (Lipinski definition) is 2. The van der Waals surface area contributed by atoms with Crippen molar-refractivity contribution in [3.05, 3.63) is 64.2 Å². The van der Waals surface area contributed by atoms with Gasteiger partial charge in [-0.25, -0.2) is 9.98 Å². The van der Waals surface area contributed by atoms with Gasteiger partial charge >= 0.3 is 0 Å². The SMILES string of the molecule is CCNC(=NCc1coc(-c2ccc(C)cc2)n1)NC(C)c1cccs1.I. The van der Waals surface area contributed by atoms with Crippen LogP contribution in [-0.4, -0.2) is 17.5 Å². The Morgan fingerprint density at radius 1 is 1.26 bits per heavy atom. The zero-order chi connectivity index (χ0) is 18.4. The maximum atomic E-state index is 5.60. The number of thiophene rings is 1. The van der Waals surface area contributed by atoms with Gasteiger partial charge in [-0.2, -0.15) is 0 Å². The highest BCUT2D eigenvalue weighted by Gasteiger charge is 2.10. The molecule has 1 aromatic carbocycles. The molecule has 2 N–H and O–H groups in total. The maximum absolute atomic E-state index is 5.60. The van der Waals surface area contributed by atoms with Crippen LogP contribution in [0.3, 0.4) is 0 Å². The molecular formula is C20H25IN4OS. The molecule has 0 spiro atoms. The number of halogens is 1. The highest BCUT2D eigenvalue weighted by atomic mass is 127. The van der Waals surface area contributed by atoms with Gasteiger partial charge in [-0.3, -0.25) is 0 Å². The summed E-state index contributed by atoms with van der Waals surface area (Å²) in [4.78, 5) is 10.5. The van der Waals surface area contributed by atoms with Crippen LogP contribution in [0.25, 0.3) is 11.5 Å². The third-order valence-electron chi connectivity index (χ3n) is 3.92. The summed E-state index contributed by atoms with van der Waals surface area (Å²) in [7, 11) is 0. The molecule has 5 nitrogen and oxygen atoms in total. The number of guanidine groups is 1. The average Bonchev–Trinajstić information content (AvgIpc) is 3.32. The zero-order valence-electron chi connectivity index (χ0n) is 15.7. The minimum Gasteiger partial charge on any atom is -0.444 e. The van der Waals surface area contributed by atoms with E-state index in [0.29, 0.717) is 12.4 Å². The molecular weight excluding hydrogens is 471 g/mol. The lowest BCUT2D eigenvalue weighted by Gasteiger charge is -2.16. The van der Waals surface area contributed by atoms with Crippen molar-refractivity contribution in [2.45, 2.75) is 33.4 Å². The van der Waals surface area contributed by atoms with Gasteiger partial charge in [0.2, 0.25) is 5.89 Å². The predicted octanol–water partition coefficient (Wildman–Crippen LogP) is 5.15. The van der Waals surface area contributed by atoms with Crippen molar-refractivity contribution in [3.63, 3.8) is 0 Å². The number of rotatable bonds is 6. The molecule has 2 aromatic heterocycles. The van der Waals surface area contributed by atoms with E-state index < -0.39 is 0 Å². The minimum absolute atomic E-state index is 0. The molecule has 7 heteroatoms. The van der Waals surface area contributed by atoms with Crippen molar-refractivity contribution in [1.29, 1.82) is 0 Å². The molecule has 0 aliphatic heterocycles. The summed E-state index contributed by atoms with van der Waals surface area (Å²) in [5.74, 6) is 1.40. The summed E-state index contributed by atoms with van der Waals surface area (Å²) in [6, 6.07) is 12.5. The highest BCUT2D eigenvalue weighted by Crippen LogP contribution is 2.20. The van der Waals surface area contributed by atoms with Crippen LogP contribution in [0.15, 0.2) is 57.5 Å². The summed E-state index contributed by atoms with van der Waals surface area (Å²) in [5.41, 5.74) is 3.00. The van der Waals surface area contributed by atoms with Gasteiger partial charge in [-0.15, -0.1) is 35.3 Å². The van der Waals surface area contributed by atoms with Crippen LogP contribution in [0.5, 0.6) is 0 Å². The number of aromatic nitrogens is 1. The molecule has 1 unspecified atom stereocenters. The Bertz CT molecular complexity index is 843. The van der Waals surface area contributed by atoms with Crippen LogP contribution in [0.4, 0.5) is 0 Å². The van der Waals surface area contributed by atoms with Crippen LogP contribution in [0.2, 0.25) is 0 Å². The highest BCUT2D eigenvalue weighted by molar-refractivity contribution is 14.0. The molecule has 0 aliphatic carbocycles. The minimum atomic E-state index is 0. The molecule has 1 atom stereocenters. The van der Waals surface area contributed by atoms with Crippen LogP contribution >= 0.6 is 35.3 Å². The van der Waals surface area contributed by atoms with Gasteiger partial charge < -0.3 is 15.1 Å². The molecule has 0 aliphatic rings. The number of oxazole rings is 1. The van der Waals surface area contributed by atoms with E-state index in [9.17, 15) is 0 Å². The lowest BCUT2D eigenvalue weighted by atomic mass is 10.1. The van der Waals surface area contributed by atoms with Crippen molar-refractivity contribution in [3.8, 4) is 11.5 Å². The first-order valence-electron chi connectivity index (χ1n) is 8.75. The fourth-order valence-electron chi connectivity index (χ4n) is 2.50. The van der Waals surface area contributed by atoms with Crippen molar-refractivity contribution < 1.29 is 4.42 Å². The van der Waals surface area contributed by atoms with Gasteiger partial charge in [-0.1, -0.05) is 23.8 Å². The molecule has 0 fully saturated rings. The van der Waals surface area contributed by atoms with Gasteiger partial charge in [0, 0.05) is 17.0 Å².